The smallest absolute Gasteiger partial charge is 0.171 e. The van der Waals surface area contributed by atoms with Crippen LogP contribution < -0.4 is 15.4 Å². The van der Waals surface area contributed by atoms with Gasteiger partial charge in [-0.1, -0.05) is 30.3 Å². The topological polar surface area (TPSA) is 70.6 Å². The Morgan fingerprint density at radius 2 is 1.96 bits per heavy atom. The minimum Gasteiger partial charge on any atom is -0.504 e. The minimum atomic E-state index is -0.445. The molecule has 0 spiro atoms. The monoisotopic (exact) mass is 480 g/mol. The summed E-state index contributed by atoms with van der Waals surface area (Å²) in [6.45, 7) is 1.53. The number of ether oxygens (including phenoxy) is 1. The molecule has 0 amide bonds. The number of carbonyl (C=O) groups is 1. The van der Waals surface area contributed by atoms with Crippen molar-refractivity contribution in [2.75, 3.05) is 7.11 Å². The van der Waals surface area contributed by atoms with Gasteiger partial charge >= 0.3 is 0 Å². The van der Waals surface area contributed by atoms with E-state index in [4.69, 9.17) is 17.0 Å². The number of phenols is 1. The van der Waals surface area contributed by atoms with Gasteiger partial charge in [0.1, 0.15) is 0 Å². The van der Waals surface area contributed by atoms with Gasteiger partial charge in [0, 0.05) is 5.57 Å². The Bertz CT molecular complexity index is 913. The Hall–Kier alpha value is -2.13. The largest absolute Gasteiger partial charge is 0.504 e. The van der Waals surface area contributed by atoms with Crippen molar-refractivity contribution in [1.29, 1.82) is 0 Å². The molecule has 0 aromatic heterocycles. The summed E-state index contributed by atoms with van der Waals surface area (Å²) in [4.78, 5) is 12.5. The third-order valence-corrected chi connectivity index (χ3v) is 5.16. The van der Waals surface area contributed by atoms with Crippen molar-refractivity contribution < 1.29 is 14.6 Å². The van der Waals surface area contributed by atoms with Crippen LogP contribution in [0.25, 0.3) is 5.70 Å². The predicted octanol–water partition coefficient (Wildman–Crippen LogP) is 3.52. The Morgan fingerprint density at radius 1 is 1.27 bits per heavy atom. The average molecular weight is 480 g/mol. The molecule has 1 atom stereocenters. The number of phenolic OH excluding ortho intramolecular Hbond substituents is 1. The van der Waals surface area contributed by atoms with E-state index in [1.165, 1.54) is 14.0 Å². The van der Waals surface area contributed by atoms with E-state index in [-0.39, 0.29) is 11.5 Å². The lowest BCUT2D eigenvalue weighted by Crippen LogP contribution is -2.44. The molecule has 2 aromatic rings. The van der Waals surface area contributed by atoms with Crippen LogP contribution in [0.1, 0.15) is 24.1 Å². The van der Waals surface area contributed by atoms with Crippen LogP contribution in [0.15, 0.2) is 48.0 Å². The molecule has 0 saturated heterocycles. The molecule has 0 radical (unpaired) electrons. The Morgan fingerprint density at radius 3 is 2.58 bits per heavy atom. The number of halogens is 1. The van der Waals surface area contributed by atoms with E-state index < -0.39 is 6.04 Å². The summed E-state index contributed by atoms with van der Waals surface area (Å²) in [5.41, 5.74) is 2.93. The first-order valence-corrected chi connectivity index (χ1v) is 9.35. The number of benzene rings is 2. The van der Waals surface area contributed by atoms with E-state index in [1.54, 1.807) is 6.07 Å². The van der Waals surface area contributed by atoms with E-state index in [2.05, 4.69) is 10.6 Å². The van der Waals surface area contributed by atoms with E-state index >= 15 is 0 Å². The number of hydrogen-bond acceptors (Lipinski definition) is 4. The maximum Gasteiger partial charge on any atom is 0.171 e. The van der Waals surface area contributed by atoms with Crippen LogP contribution in [-0.4, -0.2) is 23.1 Å². The van der Waals surface area contributed by atoms with Crippen LogP contribution in [0.3, 0.4) is 0 Å². The molecule has 134 valence electrons. The standard InChI is InChI=1S/C19H17IN2O3S/c1-10(23)15-16(11-6-4-3-5-7-11)21-19(26)22-17(15)12-8-13(20)18(24)14(9-12)25-2/h3-9,17,24H,1-2H3,(H2,21,22,26). The summed E-state index contributed by atoms with van der Waals surface area (Å²) >= 11 is 7.40. The van der Waals surface area contributed by atoms with E-state index in [1.807, 2.05) is 59.0 Å². The summed E-state index contributed by atoms with van der Waals surface area (Å²) < 4.78 is 5.89. The highest BCUT2D eigenvalue weighted by atomic mass is 127. The quantitative estimate of drug-likeness (QED) is 0.460. The first-order chi connectivity index (χ1) is 12.4. The molecule has 0 bridgehead atoms. The molecular weight excluding hydrogens is 463 g/mol. The van der Waals surface area contributed by atoms with Gasteiger partial charge in [0.25, 0.3) is 0 Å². The maximum atomic E-state index is 12.5. The zero-order valence-corrected chi connectivity index (χ0v) is 17.1. The van der Waals surface area contributed by atoms with Crippen molar-refractivity contribution in [3.8, 4) is 11.5 Å². The SMILES string of the molecule is COc1cc(C2NC(=S)NC(c3ccccc3)=C2C(C)=O)cc(I)c1O. The molecule has 5 nitrogen and oxygen atoms in total. The van der Waals surface area contributed by atoms with Gasteiger partial charge in [0.05, 0.1) is 22.4 Å². The number of rotatable bonds is 4. The molecule has 1 heterocycles. The van der Waals surface area contributed by atoms with E-state index in [0.717, 1.165) is 11.1 Å². The van der Waals surface area contributed by atoms with E-state index in [9.17, 15) is 9.90 Å². The van der Waals surface area contributed by atoms with Crippen molar-refractivity contribution >= 4 is 51.4 Å². The zero-order chi connectivity index (χ0) is 18.8. The molecule has 1 unspecified atom stereocenters. The molecular formula is C19H17IN2O3S. The second-order valence-corrected chi connectivity index (χ2v) is 7.37. The number of nitrogens with one attached hydrogen (secondary N) is 2. The number of thiocarbonyl (C=S) groups is 1. The second-order valence-electron chi connectivity index (χ2n) is 5.80. The van der Waals surface area contributed by atoms with Gasteiger partial charge in [-0.25, -0.2) is 0 Å². The minimum absolute atomic E-state index is 0.0709. The summed E-state index contributed by atoms with van der Waals surface area (Å²) in [6, 6.07) is 12.7. The average Bonchev–Trinajstić information content (AvgIpc) is 2.63. The third-order valence-electron chi connectivity index (χ3n) is 4.12. The highest BCUT2D eigenvalue weighted by molar-refractivity contribution is 14.1. The maximum absolute atomic E-state index is 12.5. The van der Waals surface area contributed by atoms with Crippen molar-refractivity contribution in [3.63, 3.8) is 0 Å². The molecule has 7 heteroatoms. The van der Waals surface area contributed by atoms with Crippen molar-refractivity contribution in [2.24, 2.45) is 0 Å². The Kier molecular flexibility index (Phi) is 5.47. The Balaban J connectivity index is 2.21. The van der Waals surface area contributed by atoms with Gasteiger partial charge < -0.3 is 20.5 Å². The zero-order valence-electron chi connectivity index (χ0n) is 14.2. The molecule has 3 rings (SSSR count). The first kappa shape index (κ1) is 18.7. The van der Waals surface area contributed by atoms with Crippen LogP contribution in [0.2, 0.25) is 0 Å². The van der Waals surface area contributed by atoms with Gasteiger partial charge in [-0.15, -0.1) is 0 Å². The fourth-order valence-electron chi connectivity index (χ4n) is 2.94. The molecule has 0 fully saturated rings. The lowest BCUT2D eigenvalue weighted by atomic mass is 9.90. The first-order valence-electron chi connectivity index (χ1n) is 7.86. The van der Waals surface area contributed by atoms with Gasteiger partial charge in [-0.3, -0.25) is 4.79 Å². The van der Waals surface area contributed by atoms with Crippen LogP contribution in [-0.2, 0) is 4.79 Å². The van der Waals surface area contributed by atoms with Crippen LogP contribution >= 0.6 is 34.8 Å². The van der Waals surface area contributed by atoms with Gasteiger partial charge in [0.15, 0.2) is 22.4 Å². The fourth-order valence-corrected chi connectivity index (χ4v) is 3.79. The van der Waals surface area contributed by atoms with Gasteiger partial charge in [-0.2, -0.15) is 0 Å². The summed E-state index contributed by atoms with van der Waals surface area (Å²) in [5, 5.41) is 16.8. The van der Waals surface area contributed by atoms with Crippen molar-refractivity contribution in [2.45, 2.75) is 13.0 Å². The third kappa shape index (κ3) is 3.54. The summed E-state index contributed by atoms with van der Waals surface area (Å²) in [7, 11) is 1.49. The lowest BCUT2D eigenvalue weighted by Gasteiger charge is -2.31. The molecule has 3 N–H and O–H groups in total. The number of hydrogen-bond donors (Lipinski definition) is 3. The highest BCUT2D eigenvalue weighted by Crippen LogP contribution is 2.38. The lowest BCUT2D eigenvalue weighted by molar-refractivity contribution is -0.113. The van der Waals surface area contributed by atoms with Gasteiger partial charge in [-0.05, 0) is 65.0 Å². The predicted molar refractivity (Wildman–Crippen MR) is 113 cm³/mol. The molecule has 0 aliphatic carbocycles. The molecule has 26 heavy (non-hydrogen) atoms. The number of carbonyl (C=O) groups excluding carboxylic acids is 1. The molecule has 2 aromatic carbocycles. The van der Waals surface area contributed by atoms with Crippen LogP contribution in [0.4, 0.5) is 0 Å². The number of methoxy groups -OCH3 is 1. The fraction of sp³-hybridized carbons (Fsp3) is 0.158. The Labute approximate surface area is 170 Å². The number of ketones is 1. The molecule has 1 aliphatic rings. The molecule has 0 saturated carbocycles. The van der Waals surface area contributed by atoms with Crippen LogP contribution in [0.5, 0.6) is 11.5 Å². The van der Waals surface area contributed by atoms with Crippen LogP contribution in [0, 0.1) is 3.57 Å². The highest BCUT2D eigenvalue weighted by Gasteiger charge is 2.31. The van der Waals surface area contributed by atoms with Crippen molar-refractivity contribution in [3.05, 3.63) is 62.7 Å². The molecule has 1 aliphatic heterocycles. The summed E-state index contributed by atoms with van der Waals surface area (Å²) in [5.74, 6) is 0.353. The number of Topliss-reactive ketones (excluding diaryl/α,β-unsaturated/α-hetero) is 1. The number of aromatic hydroxyl groups is 1. The summed E-state index contributed by atoms with van der Waals surface area (Å²) in [6.07, 6.45) is 0. The van der Waals surface area contributed by atoms with E-state index in [0.29, 0.717) is 25.7 Å². The second kappa shape index (κ2) is 7.63. The van der Waals surface area contributed by atoms with Gasteiger partial charge in [0.2, 0.25) is 0 Å². The normalized spacial score (nSPS) is 16.7. The van der Waals surface area contributed by atoms with Crippen molar-refractivity contribution in [1.82, 2.24) is 10.6 Å².